The SMILES string of the molecule is O=C(CCC1CC1)c1cccc(C2(c3ccsc3)CC(=O)C(Sc3ccccc3Cl)C(=O)N2)n1. The van der Waals surface area contributed by atoms with E-state index in [1.54, 1.807) is 36.4 Å². The van der Waals surface area contributed by atoms with E-state index in [2.05, 4.69) is 10.3 Å². The van der Waals surface area contributed by atoms with Gasteiger partial charge < -0.3 is 5.32 Å². The first kappa shape index (κ1) is 23.3. The number of benzene rings is 1. The van der Waals surface area contributed by atoms with E-state index in [-0.39, 0.29) is 23.9 Å². The number of nitrogens with one attached hydrogen (secondary N) is 1. The molecule has 1 aliphatic carbocycles. The average Bonchev–Trinajstić information content (AvgIpc) is 3.50. The minimum Gasteiger partial charge on any atom is -0.339 e. The van der Waals surface area contributed by atoms with Gasteiger partial charge in [-0.2, -0.15) is 11.3 Å². The molecule has 0 bridgehead atoms. The van der Waals surface area contributed by atoms with Gasteiger partial charge in [-0.1, -0.05) is 42.6 Å². The first-order valence-corrected chi connectivity index (χ1v) is 13.5. The Morgan fingerprint density at radius 2 is 1.97 bits per heavy atom. The Labute approximate surface area is 211 Å². The van der Waals surface area contributed by atoms with Crippen LogP contribution in [-0.2, 0) is 15.1 Å². The zero-order valence-electron chi connectivity index (χ0n) is 18.3. The first-order valence-electron chi connectivity index (χ1n) is 11.3. The van der Waals surface area contributed by atoms with Gasteiger partial charge in [0.15, 0.2) is 11.6 Å². The predicted octanol–water partition coefficient (Wildman–Crippen LogP) is 5.66. The van der Waals surface area contributed by atoms with E-state index in [9.17, 15) is 14.4 Å². The van der Waals surface area contributed by atoms with Crippen molar-refractivity contribution in [3.8, 4) is 0 Å². The molecule has 5 rings (SSSR count). The molecular formula is C26H23ClN2O3S2. The molecule has 1 aliphatic heterocycles. The van der Waals surface area contributed by atoms with Gasteiger partial charge in [0.25, 0.3) is 0 Å². The highest BCUT2D eigenvalue weighted by molar-refractivity contribution is 8.01. The van der Waals surface area contributed by atoms with Crippen LogP contribution in [0.4, 0.5) is 0 Å². The van der Waals surface area contributed by atoms with Crippen LogP contribution in [0, 0.1) is 5.92 Å². The van der Waals surface area contributed by atoms with E-state index in [0.29, 0.717) is 33.6 Å². The molecule has 2 aliphatic rings. The molecule has 1 saturated carbocycles. The molecule has 0 spiro atoms. The summed E-state index contributed by atoms with van der Waals surface area (Å²) in [7, 11) is 0. The Bertz CT molecular complexity index is 1220. The molecule has 1 N–H and O–H groups in total. The monoisotopic (exact) mass is 510 g/mol. The van der Waals surface area contributed by atoms with Crippen LogP contribution < -0.4 is 5.32 Å². The number of halogens is 1. The summed E-state index contributed by atoms with van der Waals surface area (Å²) < 4.78 is 0. The van der Waals surface area contributed by atoms with E-state index in [1.165, 1.54) is 24.2 Å². The van der Waals surface area contributed by atoms with Crippen molar-refractivity contribution in [2.45, 2.75) is 47.8 Å². The Morgan fingerprint density at radius 1 is 1.15 bits per heavy atom. The summed E-state index contributed by atoms with van der Waals surface area (Å²) in [6, 6.07) is 14.3. The third kappa shape index (κ3) is 4.69. The van der Waals surface area contributed by atoms with Crippen LogP contribution in [0.25, 0.3) is 0 Å². The Hall–Kier alpha value is -2.48. The fraction of sp³-hybridized carbons (Fsp3) is 0.308. The molecule has 1 aromatic carbocycles. The second-order valence-corrected chi connectivity index (χ2v) is 11.1. The number of Topliss-reactive ketones (excluding diaryl/α,β-unsaturated/α-hetero) is 2. The standard InChI is InChI=1S/C26H23ClN2O3S2/c27-18-4-1-2-6-22(18)34-24-21(31)14-26(29-25(24)32,17-12-13-33-15-17)23-7-3-5-19(28-23)20(30)11-10-16-8-9-16/h1-7,12-13,15-16,24H,8-11,14H2,(H,29,32). The van der Waals surface area contributed by atoms with Crippen molar-refractivity contribution < 1.29 is 14.4 Å². The van der Waals surface area contributed by atoms with Crippen molar-refractivity contribution in [3.63, 3.8) is 0 Å². The number of aromatic nitrogens is 1. The van der Waals surface area contributed by atoms with E-state index in [0.717, 1.165) is 23.7 Å². The fourth-order valence-corrected chi connectivity index (χ4v) is 6.26. The summed E-state index contributed by atoms with van der Waals surface area (Å²) in [4.78, 5) is 44.9. The molecule has 2 atom stereocenters. The van der Waals surface area contributed by atoms with Crippen molar-refractivity contribution in [2.24, 2.45) is 5.92 Å². The number of amides is 1. The number of hydrogen-bond acceptors (Lipinski definition) is 6. The summed E-state index contributed by atoms with van der Waals surface area (Å²) in [5.74, 6) is 0.0636. The van der Waals surface area contributed by atoms with Gasteiger partial charge in [0.2, 0.25) is 5.91 Å². The maximum Gasteiger partial charge on any atom is 0.242 e. The van der Waals surface area contributed by atoms with Crippen molar-refractivity contribution in [3.05, 3.63) is 81.3 Å². The number of pyridine rings is 1. The van der Waals surface area contributed by atoms with E-state index >= 15 is 0 Å². The van der Waals surface area contributed by atoms with Crippen LogP contribution in [-0.4, -0.2) is 27.7 Å². The maximum atomic E-state index is 13.4. The van der Waals surface area contributed by atoms with Crippen LogP contribution in [0.15, 0.2) is 64.2 Å². The highest BCUT2D eigenvalue weighted by Crippen LogP contribution is 2.41. The van der Waals surface area contributed by atoms with Crippen LogP contribution in [0.3, 0.4) is 0 Å². The normalized spacial score (nSPS) is 22.4. The summed E-state index contributed by atoms with van der Waals surface area (Å²) in [5, 5.41) is 6.52. The molecule has 2 unspecified atom stereocenters. The number of thioether (sulfide) groups is 1. The smallest absolute Gasteiger partial charge is 0.242 e. The van der Waals surface area contributed by atoms with Gasteiger partial charge in [0, 0.05) is 17.7 Å². The van der Waals surface area contributed by atoms with Gasteiger partial charge in [-0.05, 0) is 59.0 Å². The summed E-state index contributed by atoms with van der Waals surface area (Å²) in [5.41, 5.74) is 0.557. The molecule has 3 heterocycles. The topological polar surface area (TPSA) is 76.1 Å². The third-order valence-electron chi connectivity index (χ3n) is 6.35. The lowest BCUT2D eigenvalue weighted by Crippen LogP contribution is -2.58. The first-order chi connectivity index (χ1) is 16.5. The minimum atomic E-state index is -1.11. The fourth-order valence-electron chi connectivity index (χ4n) is 4.29. The molecular weight excluding hydrogens is 488 g/mol. The van der Waals surface area contributed by atoms with E-state index in [4.69, 9.17) is 11.6 Å². The zero-order chi connectivity index (χ0) is 23.7. The summed E-state index contributed by atoms with van der Waals surface area (Å²) in [6.45, 7) is 0. The molecule has 2 fully saturated rings. The molecule has 34 heavy (non-hydrogen) atoms. The number of hydrogen-bond donors (Lipinski definition) is 1. The quantitative estimate of drug-likeness (QED) is 0.312. The molecule has 8 heteroatoms. The van der Waals surface area contributed by atoms with Crippen LogP contribution in [0.5, 0.6) is 0 Å². The number of thiophene rings is 1. The lowest BCUT2D eigenvalue weighted by molar-refractivity contribution is -0.133. The zero-order valence-corrected chi connectivity index (χ0v) is 20.7. The molecule has 1 amide bonds. The van der Waals surface area contributed by atoms with E-state index in [1.807, 2.05) is 22.9 Å². The molecule has 174 valence electrons. The number of nitrogens with zero attached hydrogens (tertiary/aromatic N) is 1. The van der Waals surface area contributed by atoms with Gasteiger partial charge in [-0.15, -0.1) is 11.8 Å². The maximum absolute atomic E-state index is 13.4. The Morgan fingerprint density at radius 3 is 2.68 bits per heavy atom. The number of rotatable bonds is 8. The minimum absolute atomic E-state index is 0.00478. The van der Waals surface area contributed by atoms with Crippen molar-refractivity contribution in [1.29, 1.82) is 0 Å². The predicted molar refractivity (Wildman–Crippen MR) is 134 cm³/mol. The second-order valence-electron chi connectivity index (χ2n) is 8.79. The van der Waals surface area contributed by atoms with Gasteiger partial charge in [-0.3, -0.25) is 14.4 Å². The van der Waals surface area contributed by atoms with Crippen molar-refractivity contribution in [1.82, 2.24) is 10.3 Å². The van der Waals surface area contributed by atoms with Gasteiger partial charge in [0.05, 0.1) is 10.7 Å². The van der Waals surface area contributed by atoms with Crippen LogP contribution >= 0.6 is 34.7 Å². The van der Waals surface area contributed by atoms with Crippen LogP contribution in [0.2, 0.25) is 5.02 Å². The lowest BCUT2D eigenvalue weighted by Gasteiger charge is -2.39. The molecule has 1 saturated heterocycles. The molecule has 0 radical (unpaired) electrons. The number of carbonyl (C=O) groups excluding carboxylic acids is 3. The van der Waals surface area contributed by atoms with Gasteiger partial charge in [-0.25, -0.2) is 4.98 Å². The van der Waals surface area contributed by atoms with Gasteiger partial charge >= 0.3 is 0 Å². The summed E-state index contributed by atoms with van der Waals surface area (Å²) in [6.07, 6.45) is 3.79. The average molecular weight is 511 g/mol. The Kier molecular flexibility index (Phi) is 6.60. The molecule has 3 aromatic rings. The highest BCUT2D eigenvalue weighted by atomic mass is 35.5. The van der Waals surface area contributed by atoms with Crippen LogP contribution in [0.1, 0.15) is 53.8 Å². The molecule has 2 aromatic heterocycles. The Balaban J connectivity index is 1.45. The number of ketones is 2. The van der Waals surface area contributed by atoms with Crippen molar-refractivity contribution >= 4 is 52.2 Å². The lowest BCUT2D eigenvalue weighted by atomic mass is 9.79. The van der Waals surface area contributed by atoms with E-state index < -0.39 is 10.8 Å². The highest BCUT2D eigenvalue weighted by Gasteiger charge is 2.48. The second kappa shape index (κ2) is 9.64. The molecule has 5 nitrogen and oxygen atoms in total. The largest absolute Gasteiger partial charge is 0.339 e. The summed E-state index contributed by atoms with van der Waals surface area (Å²) >= 11 is 8.91. The number of carbonyl (C=O) groups is 3. The number of piperidine rings is 1. The van der Waals surface area contributed by atoms with Crippen molar-refractivity contribution in [2.75, 3.05) is 0 Å². The van der Waals surface area contributed by atoms with Gasteiger partial charge in [0.1, 0.15) is 16.5 Å². The third-order valence-corrected chi connectivity index (χ3v) is 8.80.